The van der Waals surface area contributed by atoms with Gasteiger partial charge in [-0.25, -0.2) is 4.98 Å². The maximum atomic E-state index is 5.10. The molecule has 0 aromatic carbocycles. The molecule has 0 saturated carbocycles. The van der Waals surface area contributed by atoms with Crippen LogP contribution in [-0.4, -0.2) is 31.8 Å². The van der Waals surface area contributed by atoms with Gasteiger partial charge in [0.05, 0.1) is 5.69 Å². The summed E-state index contributed by atoms with van der Waals surface area (Å²) >= 11 is 5.10. The third-order valence-corrected chi connectivity index (χ3v) is 2.27. The number of nitrogens with zero attached hydrogens (tertiary/aromatic N) is 3. The fourth-order valence-corrected chi connectivity index (χ4v) is 1.45. The zero-order valence-electron chi connectivity index (χ0n) is 9.05. The molecule has 0 spiro atoms. The van der Waals surface area contributed by atoms with Crippen LogP contribution in [0.2, 0.25) is 0 Å². The van der Waals surface area contributed by atoms with Crippen LogP contribution in [0.25, 0.3) is 0 Å². The summed E-state index contributed by atoms with van der Waals surface area (Å²) in [6.07, 6.45) is 5.81. The normalized spacial score (nSPS) is 9.88. The Bertz CT molecular complexity index is 455. The second-order valence-corrected chi connectivity index (χ2v) is 3.69. The summed E-state index contributed by atoms with van der Waals surface area (Å²) < 4.78 is 0. The van der Waals surface area contributed by atoms with Crippen LogP contribution in [0.1, 0.15) is 5.69 Å². The second kappa shape index (κ2) is 5.90. The Morgan fingerprint density at radius 1 is 1.41 bits per heavy atom. The van der Waals surface area contributed by atoms with Crippen molar-refractivity contribution in [1.82, 2.24) is 25.5 Å². The second-order valence-electron chi connectivity index (χ2n) is 3.28. The number of rotatable bonds is 4. The highest BCUT2D eigenvalue weighted by atomic mass is 32.1. The van der Waals surface area contributed by atoms with Gasteiger partial charge in [0.25, 0.3) is 0 Å². The summed E-state index contributed by atoms with van der Waals surface area (Å²) in [7, 11) is 0. The highest BCUT2D eigenvalue weighted by molar-refractivity contribution is 7.80. The third kappa shape index (κ3) is 3.80. The lowest BCUT2D eigenvalue weighted by atomic mass is 10.3. The zero-order valence-corrected chi connectivity index (χ0v) is 9.87. The largest absolute Gasteiger partial charge is 0.362 e. The topological polar surface area (TPSA) is 78.5 Å². The van der Waals surface area contributed by atoms with Crippen LogP contribution in [0.15, 0.2) is 30.7 Å². The number of anilines is 1. The molecule has 3 N–H and O–H groups in total. The molecule has 0 atom stereocenters. The van der Waals surface area contributed by atoms with Crippen molar-refractivity contribution in [1.29, 1.82) is 0 Å². The summed E-state index contributed by atoms with van der Waals surface area (Å²) in [5.41, 5.74) is 0.931. The average molecular weight is 248 g/mol. The number of hydrogen-bond acceptors (Lipinski definition) is 4. The molecule has 0 aliphatic rings. The monoisotopic (exact) mass is 248 g/mol. The molecule has 0 amide bonds. The fourth-order valence-electron chi connectivity index (χ4n) is 1.26. The zero-order chi connectivity index (χ0) is 11.9. The van der Waals surface area contributed by atoms with Gasteiger partial charge in [-0.1, -0.05) is 0 Å². The van der Waals surface area contributed by atoms with E-state index in [0.29, 0.717) is 17.6 Å². The maximum Gasteiger partial charge on any atom is 0.206 e. The number of thiocarbonyl (C=S) groups is 1. The molecule has 6 nitrogen and oxygen atoms in total. The van der Waals surface area contributed by atoms with Crippen molar-refractivity contribution in [3.8, 4) is 0 Å². The lowest BCUT2D eigenvalue weighted by Crippen LogP contribution is -2.30. The van der Waals surface area contributed by atoms with Crippen molar-refractivity contribution in [2.24, 2.45) is 0 Å². The van der Waals surface area contributed by atoms with Crippen LogP contribution in [0, 0.1) is 0 Å². The van der Waals surface area contributed by atoms with Gasteiger partial charge in [0, 0.05) is 31.6 Å². The van der Waals surface area contributed by atoms with Crippen molar-refractivity contribution in [3.05, 3.63) is 36.4 Å². The first-order valence-electron chi connectivity index (χ1n) is 5.15. The number of aromatic nitrogens is 4. The van der Waals surface area contributed by atoms with E-state index in [1.807, 2.05) is 12.1 Å². The van der Waals surface area contributed by atoms with E-state index in [1.54, 1.807) is 18.6 Å². The van der Waals surface area contributed by atoms with E-state index >= 15 is 0 Å². The Morgan fingerprint density at radius 3 is 3.06 bits per heavy atom. The van der Waals surface area contributed by atoms with E-state index in [4.69, 9.17) is 12.2 Å². The molecule has 17 heavy (non-hydrogen) atoms. The lowest BCUT2D eigenvalue weighted by molar-refractivity contribution is 0.817. The highest BCUT2D eigenvalue weighted by Crippen LogP contribution is 1.95. The van der Waals surface area contributed by atoms with Crippen molar-refractivity contribution in [2.45, 2.75) is 6.42 Å². The average Bonchev–Trinajstić information content (AvgIpc) is 2.83. The molecule has 0 aliphatic heterocycles. The van der Waals surface area contributed by atoms with Gasteiger partial charge in [-0.2, -0.15) is 10.2 Å². The molecule has 0 saturated heterocycles. The molecule has 7 heteroatoms. The van der Waals surface area contributed by atoms with Crippen LogP contribution in [0.3, 0.4) is 0 Å². The number of hydrogen-bond donors (Lipinski definition) is 3. The van der Waals surface area contributed by atoms with Gasteiger partial charge >= 0.3 is 0 Å². The Morgan fingerprint density at radius 2 is 2.35 bits per heavy atom. The van der Waals surface area contributed by atoms with Crippen LogP contribution in [-0.2, 0) is 6.42 Å². The fraction of sp³-hybridized carbons (Fsp3) is 0.200. The SMILES string of the molecule is S=C(NCCc1cccnn1)Nc1ncc[nH]1. The van der Waals surface area contributed by atoms with Gasteiger partial charge < -0.3 is 15.6 Å². The number of imidazole rings is 1. The van der Waals surface area contributed by atoms with Gasteiger partial charge in [0.2, 0.25) is 5.95 Å². The van der Waals surface area contributed by atoms with Crippen molar-refractivity contribution < 1.29 is 0 Å². The first-order valence-corrected chi connectivity index (χ1v) is 5.56. The molecule has 88 valence electrons. The van der Waals surface area contributed by atoms with E-state index < -0.39 is 0 Å². The summed E-state index contributed by atoms with van der Waals surface area (Å²) in [6.45, 7) is 0.700. The predicted octanol–water partition coefficient (Wildman–Crippen LogP) is 0.729. The molecule has 2 aromatic heterocycles. The van der Waals surface area contributed by atoms with Crippen LogP contribution < -0.4 is 10.6 Å². The van der Waals surface area contributed by atoms with Gasteiger partial charge in [0.1, 0.15) is 0 Å². The first-order chi connectivity index (χ1) is 8.34. The molecule has 0 bridgehead atoms. The summed E-state index contributed by atoms with van der Waals surface area (Å²) in [4.78, 5) is 6.91. The molecule has 2 heterocycles. The van der Waals surface area contributed by atoms with Crippen LogP contribution >= 0.6 is 12.2 Å². The smallest absolute Gasteiger partial charge is 0.206 e. The summed E-state index contributed by atoms with van der Waals surface area (Å²) in [5.74, 6) is 0.627. The maximum absolute atomic E-state index is 5.10. The van der Waals surface area contributed by atoms with Crippen LogP contribution in [0.4, 0.5) is 5.95 Å². The molecule has 0 aliphatic carbocycles. The van der Waals surface area contributed by atoms with Crippen molar-refractivity contribution in [2.75, 3.05) is 11.9 Å². The highest BCUT2D eigenvalue weighted by Gasteiger charge is 1.99. The Labute approximate surface area is 104 Å². The molecule has 0 radical (unpaired) electrons. The molecule has 0 fully saturated rings. The lowest BCUT2D eigenvalue weighted by Gasteiger charge is -2.07. The molecule has 0 unspecified atom stereocenters. The van der Waals surface area contributed by atoms with Crippen LogP contribution in [0.5, 0.6) is 0 Å². The van der Waals surface area contributed by atoms with E-state index in [1.165, 1.54) is 0 Å². The quantitative estimate of drug-likeness (QED) is 0.692. The van der Waals surface area contributed by atoms with Gasteiger partial charge in [0.15, 0.2) is 5.11 Å². The first kappa shape index (κ1) is 11.5. The predicted molar refractivity (Wildman–Crippen MR) is 68.5 cm³/mol. The van der Waals surface area contributed by atoms with E-state index in [9.17, 15) is 0 Å². The van der Waals surface area contributed by atoms with E-state index in [2.05, 4.69) is 30.8 Å². The molecular weight excluding hydrogens is 236 g/mol. The van der Waals surface area contributed by atoms with Crippen molar-refractivity contribution >= 4 is 23.3 Å². The van der Waals surface area contributed by atoms with Gasteiger partial charge in [-0.05, 0) is 24.4 Å². The number of nitrogens with one attached hydrogen (secondary N) is 3. The summed E-state index contributed by atoms with van der Waals surface area (Å²) in [6, 6.07) is 3.79. The summed E-state index contributed by atoms with van der Waals surface area (Å²) in [5, 5.41) is 14.3. The van der Waals surface area contributed by atoms with E-state index in [-0.39, 0.29) is 0 Å². The Hall–Kier alpha value is -2.02. The van der Waals surface area contributed by atoms with E-state index in [0.717, 1.165) is 12.1 Å². The number of H-pyrrole nitrogens is 1. The van der Waals surface area contributed by atoms with Crippen molar-refractivity contribution in [3.63, 3.8) is 0 Å². The minimum Gasteiger partial charge on any atom is -0.362 e. The standard InChI is InChI=1S/C10H12N6S/c17-10(15-9-11-6-7-12-9)13-5-3-8-2-1-4-14-16-8/h1-2,4,6-7H,3,5H2,(H3,11,12,13,15,17). The third-order valence-electron chi connectivity index (χ3n) is 2.02. The minimum atomic E-state index is 0.531. The molecule has 2 rings (SSSR count). The number of aromatic amines is 1. The minimum absolute atomic E-state index is 0.531. The van der Waals surface area contributed by atoms with Gasteiger partial charge in [-0.3, -0.25) is 0 Å². The van der Waals surface area contributed by atoms with Gasteiger partial charge in [-0.15, -0.1) is 0 Å². The Kier molecular flexibility index (Phi) is 3.98. The molecule has 2 aromatic rings. The Balaban J connectivity index is 1.70. The molecular formula is C10H12N6S.